The summed E-state index contributed by atoms with van der Waals surface area (Å²) in [6, 6.07) is 0. The summed E-state index contributed by atoms with van der Waals surface area (Å²) in [4.78, 5) is 0. The number of anilines is 1. The van der Waals surface area contributed by atoms with Crippen LogP contribution in [0.4, 0.5) is 5.69 Å². The predicted octanol–water partition coefficient (Wildman–Crippen LogP) is 3.44. The summed E-state index contributed by atoms with van der Waals surface area (Å²) >= 11 is 0. The molecular weight excluding hydrogens is 238 g/mol. The zero-order chi connectivity index (χ0) is 13.3. The molecule has 0 bridgehead atoms. The topological polar surface area (TPSA) is 39.1 Å². The lowest BCUT2D eigenvalue weighted by Crippen LogP contribution is -2.15. The molecule has 1 atom stereocenters. The summed E-state index contributed by atoms with van der Waals surface area (Å²) in [7, 11) is 0. The van der Waals surface area contributed by atoms with Gasteiger partial charge >= 0.3 is 0 Å². The Morgan fingerprint density at radius 3 is 3.05 bits per heavy atom. The first-order valence-corrected chi connectivity index (χ1v) is 7.76. The van der Waals surface area contributed by atoms with Crippen LogP contribution in [-0.2, 0) is 11.3 Å². The van der Waals surface area contributed by atoms with Crippen LogP contribution in [0.2, 0.25) is 0 Å². The van der Waals surface area contributed by atoms with Gasteiger partial charge in [0.15, 0.2) is 0 Å². The van der Waals surface area contributed by atoms with Crippen LogP contribution in [-0.4, -0.2) is 29.0 Å². The fourth-order valence-electron chi connectivity index (χ4n) is 2.51. The molecule has 2 rings (SSSR count). The van der Waals surface area contributed by atoms with Crippen LogP contribution in [0.25, 0.3) is 0 Å². The minimum absolute atomic E-state index is 0.363. The third-order valence-electron chi connectivity index (χ3n) is 3.66. The number of hydrogen-bond donors (Lipinski definition) is 1. The van der Waals surface area contributed by atoms with Gasteiger partial charge in [0, 0.05) is 19.3 Å². The smallest absolute Gasteiger partial charge is 0.0771 e. The molecule has 1 N–H and O–H groups in total. The molecule has 4 heteroatoms. The second kappa shape index (κ2) is 8.20. The Balaban J connectivity index is 1.60. The van der Waals surface area contributed by atoms with Crippen LogP contribution < -0.4 is 5.32 Å². The molecule has 0 radical (unpaired) electrons. The molecule has 1 fully saturated rings. The van der Waals surface area contributed by atoms with Crippen molar-refractivity contribution in [3.05, 3.63) is 12.4 Å². The van der Waals surface area contributed by atoms with E-state index in [0.29, 0.717) is 6.10 Å². The third kappa shape index (κ3) is 5.23. The first-order valence-electron chi connectivity index (χ1n) is 7.76. The second-order valence-corrected chi connectivity index (χ2v) is 5.43. The summed E-state index contributed by atoms with van der Waals surface area (Å²) in [6.07, 6.45) is 13.3. The summed E-state index contributed by atoms with van der Waals surface area (Å²) in [5.41, 5.74) is 1.13. The highest BCUT2D eigenvalue weighted by Gasteiger charge is 2.16. The molecular formula is C15H27N3O. The average molecular weight is 265 g/mol. The van der Waals surface area contributed by atoms with E-state index in [1.54, 1.807) is 0 Å². The Hall–Kier alpha value is -1.03. The van der Waals surface area contributed by atoms with Gasteiger partial charge in [0.05, 0.1) is 24.5 Å². The van der Waals surface area contributed by atoms with Crippen molar-refractivity contribution in [2.45, 2.75) is 64.5 Å². The molecule has 0 aliphatic carbocycles. The van der Waals surface area contributed by atoms with Crippen LogP contribution in [0.5, 0.6) is 0 Å². The summed E-state index contributed by atoms with van der Waals surface area (Å²) in [5.74, 6) is 0. The third-order valence-corrected chi connectivity index (χ3v) is 3.66. The monoisotopic (exact) mass is 265 g/mol. The van der Waals surface area contributed by atoms with Crippen molar-refractivity contribution in [2.24, 2.45) is 0 Å². The molecule has 0 spiro atoms. The highest BCUT2D eigenvalue weighted by atomic mass is 16.5. The van der Waals surface area contributed by atoms with E-state index in [4.69, 9.17) is 4.74 Å². The molecule has 1 aromatic heterocycles. The number of nitrogens with zero attached hydrogens (tertiary/aromatic N) is 2. The number of rotatable bonds is 9. The normalized spacial score (nSPS) is 18.9. The zero-order valence-corrected chi connectivity index (χ0v) is 12.1. The van der Waals surface area contributed by atoms with Gasteiger partial charge in [0.25, 0.3) is 0 Å². The van der Waals surface area contributed by atoms with Crippen LogP contribution in [0.1, 0.15) is 51.9 Å². The molecule has 0 saturated carbocycles. The van der Waals surface area contributed by atoms with Crippen molar-refractivity contribution in [1.29, 1.82) is 0 Å². The maximum Gasteiger partial charge on any atom is 0.0771 e. The maximum atomic E-state index is 5.62. The van der Waals surface area contributed by atoms with Crippen LogP contribution in [0, 0.1) is 0 Å². The largest absolute Gasteiger partial charge is 0.383 e. The van der Waals surface area contributed by atoms with E-state index in [1.165, 1.54) is 44.9 Å². The van der Waals surface area contributed by atoms with E-state index in [1.807, 2.05) is 10.9 Å². The summed E-state index contributed by atoms with van der Waals surface area (Å²) < 4.78 is 7.62. The van der Waals surface area contributed by atoms with Crippen molar-refractivity contribution in [2.75, 3.05) is 18.5 Å². The van der Waals surface area contributed by atoms with Gasteiger partial charge in [-0.15, -0.1) is 0 Å². The summed E-state index contributed by atoms with van der Waals surface area (Å²) in [6.45, 7) is 5.10. The van der Waals surface area contributed by atoms with Gasteiger partial charge in [-0.1, -0.05) is 32.6 Å². The molecule has 1 aromatic rings. The van der Waals surface area contributed by atoms with Crippen molar-refractivity contribution in [1.82, 2.24) is 9.78 Å². The second-order valence-electron chi connectivity index (χ2n) is 5.43. The van der Waals surface area contributed by atoms with Gasteiger partial charge in [0.1, 0.15) is 0 Å². The number of hydrogen-bond acceptors (Lipinski definition) is 3. The summed E-state index contributed by atoms with van der Waals surface area (Å²) in [5, 5.41) is 7.82. The number of unbranched alkanes of at least 4 members (excludes halogenated alkanes) is 4. The Morgan fingerprint density at radius 1 is 1.37 bits per heavy atom. The Morgan fingerprint density at radius 2 is 2.26 bits per heavy atom. The van der Waals surface area contributed by atoms with Crippen molar-refractivity contribution in [3.8, 4) is 0 Å². The Kier molecular flexibility index (Phi) is 6.21. The fraction of sp³-hybridized carbons (Fsp3) is 0.800. The Bertz CT molecular complexity index is 345. The molecule has 1 saturated heterocycles. The minimum atomic E-state index is 0.363. The SMILES string of the molecule is CCCCCCCNc1cnn(CC2CCCO2)c1. The number of aromatic nitrogens is 2. The lowest BCUT2D eigenvalue weighted by atomic mass is 10.1. The van der Waals surface area contributed by atoms with Crippen molar-refractivity contribution >= 4 is 5.69 Å². The van der Waals surface area contributed by atoms with Crippen LogP contribution in [0.3, 0.4) is 0 Å². The van der Waals surface area contributed by atoms with E-state index in [2.05, 4.69) is 23.5 Å². The van der Waals surface area contributed by atoms with Gasteiger partial charge < -0.3 is 10.1 Å². The van der Waals surface area contributed by atoms with Gasteiger partial charge in [-0.25, -0.2) is 0 Å². The van der Waals surface area contributed by atoms with E-state index in [-0.39, 0.29) is 0 Å². The molecule has 2 heterocycles. The average Bonchev–Trinajstić information content (AvgIpc) is 3.06. The van der Waals surface area contributed by atoms with Crippen LogP contribution >= 0.6 is 0 Å². The quantitative estimate of drug-likeness (QED) is 0.695. The predicted molar refractivity (Wildman–Crippen MR) is 78.4 cm³/mol. The highest BCUT2D eigenvalue weighted by Crippen LogP contribution is 2.15. The standard InChI is InChI=1S/C15H27N3O/c1-2-3-4-5-6-9-16-14-11-17-18(12-14)13-15-8-7-10-19-15/h11-12,15-16H,2-10,13H2,1H3. The molecule has 19 heavy (non-hydrogen) atoms. The molecule has 1 aliphatic rings. The van der Waals surface area contributed by atoms with Gasteiger partial charge in [-0.3, -0.25) is 4.68 Å². The number of ether oxygens (including phenoxy) is 1. The molecule has 1 aliphatic heterocycles. The minimum Gasteiger partial charge on any atom is -0.383 e. The molecule has 0 amide bonds. The van der Waals surface area contributed by atoms with Gasteiger partial charge in [0.2, 0.25) is 0 Å². The van der Waals surface area contributed by atoms with E-state index < -0.39 is 0 Å². The van der Waals surface area contributed by atoms with Crippen molar-refractivity contribution in [3.63, 3.8) is 0 Å². The van der Waals surface area contributed by atoms with Gasteiger partial charge in [-0.05, 0) is 19.3 Å². The van der Waals surface area contributed by atoms with Gasteiger partial charge in [-0.2, -0.15) is 5.10 Å². The molecule has 108 valence electrons. The first-order chi connectivity index (χ1) is 9.38. The van der Waals surface area contributed by atoms with E-state index in [9.17, 15) is 0 Å². The number of nitrogens with one attached hydrogen (secondary N) is 1. The Labute approximate surface area is 116 Å². The lowest BCUT2D eigenvalue weighted by Gasteiger charge is -2.08. The molecule has 4 nitrogen and oxygen atoms in total. The van der Waals surface area contributed by atoms with Crippen LogP contribution in [0.15, 0.2) is 12.4 Å². The first kappa shape index (κ1) is 14.4. The van der Waals surface area contributed by atoms with E-state index >= 15 is 0 Å². The van der Waals surface area contributed by atoms with Crippen molar-refractivity contribution < 1.29 is 4.74 Å². The fourth-order valence-corrected chi connectivity index (χ4v) is 2.51. The maximum absolute atomic E-state index is 5.62. The van der Waals surface area contributed by atoms with E-state index in [0.717, 1.165) is 25.4 Å². The molecule has 0 aromatic carbocycles. The highest BCUT2D eigenvalue weighted by molar-refractivity contribution is 5.37. The zero-order valence-electron chi connectivity index (χ0n) is 12.1. The lowest BCUT2D eigenvalue weighted by molar-refractivity contribution is 0.0940. The molecule has 1 unspecified atom stereocenters.